The van der Waals surface area contributed by atoms with Gasteiger partial charge in [-0.15, -0.1) is 0 Å². The zero-order valence-corrected chi connectivity index (χ0v) is 14.4. The van der Waals surface area contributed by atoms with Crippen molar-refractivity contribution in [2.75, 3.05) is 13.2 Å². The Morgan fingerprint density at radius 2 is 1.26 bits per heavy atom. The fourth-order valence-electron chi connectivity index (χ4n) is 2.75. The summed E-state index contributed by atoms with van der Waals surface area (Å²) in [5.41, 5.74) is 0. The lowest BCUT2D eigenvalue weighted by molar-refractivity contribution is -0.352. The van der Waals surface area contributed by atoms with Crippen LogP contribution in [0.1, 0.15) is 0 Å². The van der Waals surface area contributed by atoms with E-state index in [1.165, 1.54) is 0 Å². The molecule has 0 aliphatic carbocycles. The van der Waals surface area contributed by atoms with Gasteiger partial charge < -0.3 is 50.0 Å². The van der Waals surface area contributed by atoms with Crippen LogP contribution in [-0.4, -0.2) is 123 Å². The van der Waals surface area contributed by atoms with Gasteiger partial charge in [0.2, 0.25) is 6.29 Å². The number of aliphatic hydroxyl groups excluding tert-OH is 7. The van der Waals surface area contributed by atoms with Gasteiger partial charge in [0, 0.05) is 0 Å². The van der Waals surface area contributed by atoms with E-state index in [9.17, 15) is 39.1 Å². The molecule has 0 radical (unpaired) electrons. The third kappa shape index (κ3) is 5.10. The van der Waals surface area contributed by atoms with Gasteiger partial charge in [-0.25, -0.2) is 4.18 Å². The molecule has 0 aromatic heterocycles. The molecule has 8 N–H and O–H groups in total. The molecule has 0 amide bonds. The van der Waals surface area contributed by atoms with Crippen LogP contribution in [-0.2, 0) is 28.8 Å². The Hall–Kier alpha value is -0.530. The molecule has 160 valence electrons. The van der Waals surface area contributed by atoms with Crippen molar-refractivity contribution >= 4 is 10.4 Å². The van der Waals surface area contributed by atoms with E-state index >= 15 is 0 Å². The molecular formula is C12H22O14S. The normalized spacial score (nSPS) is 46.4. The lowest BCUT2D eigenvalue weighted by Crippen LogP contribution is -2.64. The van der Waals surface area contributed by atoms with Gasteiger partial charge in [-0.2, -0.15) is 8.42 Å². The second-order valence-corrected chi connectivity index (χ2v) is 7.08. The van der Waals surface area contributed by atoms with Gasteiger partial charge in [0.25, 0.3) is 0 Å². The average molecular weight is 422 g/mol. The molecule has 0 aromatic carbocycles. The lowest BCUT2D eigenvalue weighted by Gasteiger charge is -2.45. The van der Waals surface area contributed by atoms with Gasteiger partial charge in [0.15, 0.2) is 6.29 Å². The summed E-state index contributed by atoms with van der Waals surface area (Å²) >= 11 is 0. The van der Waals surface area contributed by atoms with Gasteiger partial charge in [0.05, 0.1) is 13.2 Å². The molecule has 27 heavy (non-hydrogen) atoms. The van der Waals surface area contributed by atoms with E-state index in [0.717, 1.165) is 0 Å². The van der Waals surface area contributed by atoms with Crippen molar-refractivity contribution in [3.05, 3.63) is 0 Å². The maximum absolute atomic E-state index is 10.8. The molecule has 2 fully saturated rings. The highest BCUT2D eigenvalue weighted by Gasteiger charge is 2.51. The Morgan fingerprint density at radius 1 is 0.741 bits per heavy atom. The number of ether oxygens (including phenoxy) is 3. The lowest BCUT2D eigenvalue weighted by atomic mass is 9.97. The maximum atomic E-state index is 10.8. The molecule has 10 atom stereocenters. The molecule has 2 heterocycles. The van der Waals surface area contributed by atoms with E-state index in [1.807, 2.05) is 0 Å². The maximum Gasteiger partial charge on any atom is 0.399 e. The van der Waals surface area contributed by atoms with Crippen LogP contribution < -0.4 is 0 Å². The smallest absolute Gasteiger partial charge is 0.394 e. The first-order valence-corrected chi connectivity index (χ1v) is 9.10. The SMILES string of the molecule is O=S(=O)(O)O[C@@H]1O[C@H](CO)[C@@H](O[C@H]2O[C@H](CO)[C@@H](O)[C@H](O)[C@H]2O)[C@H](O)[C@H]1O. The molecule has 2 rings (SSSR count). The Kier molecular flexibility index (Phi) is 7.47. The summed E-state index contributed by atoms with van der Waals surface area (Å²) in [7, 11) is -5.06. The second-order valence-electron chi connectivity index (χ2n) is 6.03. The molecule has 0 aromatic rings. The zero-order chi connectivity index (χ0) is 20.5. The van der Waals surface area contributed by atoms with Crippen LogP contribution in [0.25, 0.3) is 0 Å². The van der Waals surface area contributed by atoms with Crippen molar-refractivity contribution in [2.45, 2.75) is 61.4 Å². The molecule has 14 nitrogen and oxygen atoms in total. The molecule has 15 heteroatoms. The van der Waals surface area contributed by atoms with Gasteiger partial charge in [-0.05, 0) is 0 Å². The first-order valence-electron chi connectivity index (χ1n) is 7.74. The van der Waals surface area contributed by atoms with Crippen molar-refractivity contribution in [3.63, 3.8) is 0 Å². The number of rotatable bonds is 6. The van der Waals surface area contributed by atoms with E-state index in [2.05, 4.69) is 4.18 Å². The van der Waals surface area contributed by atoms with E-state index in [1.54, 1.807) is 0 Å². The van der Waals surface area contributed by atoms with Crippen LogP contribution >= 0.6 is 0 Å². The average Bonchev–Trinajstić information content (AvgIpc) is 2.60. The van der Waals surface area contributed by atoms with Gasteiger partial charge in [0.1, 0.15) is 48.8 Å². The van der Waals surface area contributed by atoms with Crippen LogP contribution in [0.5, 0.6) is 0 Å². The molecule has 0 saturated carbocycles. The van der Waals surface area contributed by atoms with Gasteiger partial charge >= 0.3 is 10.4 Å². The summed E-state index contributed by atoms with van der Waals surface area (Å²) in [6.45, 7) is -1.62. The van der Waals surface area contributed by atoms with Gasteiger partial charge in [-0.1, -0.05) is 0 Å². The molecule has 2 aliphatic heterocycles. The number of hydrogen-bond donors (Lipinski definition) is 8. The first kappa shape index (κ1) is 22.8. The van der Waals surface area contributed by atoms with E-state index in [0.29, 0.717) is 0 Å². The van der Waals surface area contributed by atoms with Crippen LogP contribution in [0.15, 0.2) is 0 Å². The van der Waals surface area contributed by atoms with E-state index in [4.69, 9.17) is 23.9 Å². The predicted molar refractivity (Wildman–Crippen MR) is 79.0 cm³/mol. The molecule has 0 unspecified atom stereocenters. The number of hydrogen-bond acceptors (Lipinski definition) is 13. The molecular weight excluding hydrogens is 400 g/mol. The fourth-order valence-corrected chi connectivity index (χ4v) is 3.15. The van der Waals surface area contributed by atoms with Crippen molar-refractivity contribution in [2.24, 2.45) is 0 Å². The van der Waals surface area contributed by atoms with E-state index < -0.39 is 85.0 Å². The second kappa shape index (κ2) is 8.87. The van der Waals surface area contributed by atoms with E-state index in [-0.39, 0.29) is 0 Å². The predicted octanol–water partition coefficient (Wildman–Crippen LogP) is -5.57. The fraction of sp³-hybridized carbons (Fsp3) is 1.00. The minimum atomic E-state index is -5.06. The molecule has 2 aliphatic rings. The van der Waals surface area contributed by atoms with Crippen LogP contribution in [0.2, 0.25) is 0 Å². The quantitative estimate of drug-likeness (QED) is 0.186. The molecule has 0 bridgehead atoms. The summed E-state index contributed by atoms with van der Waals surface area (Å²) < 4.78 is 49.5. The summed E-state index contributed by atoms with van der Waals surface area (Å²) in [5, 5.41) is 67.9. The van der Waals surface area contributed by atoms with Crippen molar-refractivity contribution in [1.29, 1.82) is 0 Å². The molecule has 2 saturated heterocycles. The minimum absolute atomic E-state index is 0.745. The summed E-state index contributed by atoms with van der Waals surface area (Å²) in [5.74, 6) is 0. The van der Waals surface area contributed by atoms with Crippen molar-refractivity contribution in [3.8, 4) is 0 Å². The first-order chi connectivity index (χ1) is 12.5. The van der Waals surface area contributed by atoms with Crippen molar-refractivity contribution in [1.82, 2.24) is 0 Å². The van der Waals surface area contributed by atoms with Crippen LogP contribution in [0, 0.1) is 0 Å². The highest BCUT2D eigenvalue weighted by molar-refractivity contribution is 7.80. The third-order valence-corrected chi connectivity index (χ3v) is 4.61. The summed E-state index contributed by atoms with van der Waals surface area (Å²) in [6.07, 6.45) is -17.5. The minimum Gasteiger partial charge on any atom is -0.394 e. The zero-order valence-electron chi connectivity index (χ0n) is 13.6. The van der Waals surface area contributed by atoms with Gasteiger partial charge in [-0.3, -0.25) is 4.55 Å². The number of aliphatic hydroxyl groups is 7. The Morgan fingerprint density at radius 3 is 1.78 bits per heavy atom. The third-order valence-electron chi connectivity index (χ3n) is 4.18. The summed E-state index contributed by atoms with van der Waals surface area (Å²) in [4.78, 5) is 0. The largest absolute Gasteiger partial charge is 0.399 e. The van der Waals surface area contributed by atoms with Crippen LogP contribution in [0.4, 0.5) is 0 Å². The highest BCUT2D eigenvalue weighted by atomic mass is 32.3. The Labute approximate surface area is 153 Å². The Balaban J connectivity index is 2.15. The topological polar surface area (TPSA) is 233 Å². The Bertz CT molecular complexity index is 581. The van der Waals surface area contributed by atoms with Crippen molar-refractivity contribution < 1.29 is 67.1 Å². The standard InChI is InChI=1S/C12H22O14S/c13-1-3-5(15)6(16)8(18)11(23-3)25-10-4(2-14)24-12(9(19)7(10)17)26-27(20,21)22/h3-19H,1-2H2,(H,20,21,22)/t3-,4-,5-,6+,7-,8-,9-,10-,11-,12+/m1/s1. The monoisotopic (exact) mass is 422 g/mol. The summed E-state index contributed by atoms with van der Waals surface area (Å²) in [6, 6.07) is 0. The molecule has 0 spiro atoms. The highest BCUT2D eigenvalue weighted by Crippen LogP contribution is 2.29. The van der Waals surface area contributed by atoms with Crippen LogP contribution in [0.3, 0.4) is 0 Å².